The van der Waals surface area contributed by atoms with Crippen LogP contribution in [-0.2, 0) is 0 Å². The number of hydrogen-bond donors (Lipinski definition) is 1. The Labute approximate surface area is 132 Å². The summed E-state index contributed by atoms with van der Waals surface area (Å²) in [6.07, 6.45) is 0. The number of aryl methyl sites for hydroxylation is 1. The maximum Gasteiger partial charge on any atom is 0.335 e. The van der Waals surface area contributed by atoms with Gasteiger partial charge < -0.3 is 9.84 Å². The van der Waals surface area contributed by atoms with Gasteiger partial charge in [-0.25, -0.2) is 4.79 Å². The quantitative estimate of drug-likeness (QED) is 0.807. The highest BCUT2D eigenvalue weighted by molar-refractivity contribution is 9.10. The number of halogens is 1. The van der Waals surface area contributed by atoms with Crippen LogP contribution in [0.3, 0.4) is 0 Å². The van der Waals surface area contributed by atoms with E-state index in [1.807, 2.05) is 13.0 Å². The molecule has 0 aromatic heterocycles. The van der Waals surface area contributed by atoms with Crippen LogP contribution >= 0.6 is 15.9 Å². The largest absolute Gasteiger partial charge is 0.478 e. The van der Waals surface area contributed by atoms with E-state index in [1.54, 1.807) is 12.1 Å². The molecule has 2 aromatic rings. The molecule has 0 aliphatic carbocycles. The zero-order valence-corrected chi connectivity index (χ0v) is 13.8. The zero-order chi connectivity index (χ0) is 15.6. The lowest BCUT2D eigenvalue weighted by Gasteiger charge is -2.15. The second kappa shape index (κ2) is 6.31. The van der Waals surface area contributed by atoms with E-state index in [0.717, 1.165) is 16.9 Å². The van der Waals surface area contributed by atoms with Gasteiger partial charge in [0.2, 0.25) is 0 Å². The van der Waals surface area contributed by atoms with E-state index in [0.29, 0.717) is 16.1 Å². The van der Waals surface area contributed by atoms with E-state index in [2.05, 4.69) is 41.9 Å². The standard InChI is InChI=1S/C17H17BrO3/c1-10(2)13-6-4-11(3)8-16(13)21-15-7-5-12(17(19)20)9-14(15)18/h4-10H,1-3H3,(H,19,20). The number of carboxylic acids is 1. The van der Waals surface area contributed by atoms with Gasteiger partial charge in [-0.05, 0) is 64.2 Å². The minimum Gasteiger partial charge on any atom is -0.478 e. The van der Waals surface area contributed by atoms with Crippen molar-refractivity contribution in [3.63, 3.8) is 0 Å². The fourth-order valence-electron chi connectivity index (χ4n) is 2.04. The van der Waals surface area contributed by atoms with Crippen molar-refractivity contribution in [3.8, 4) is 11.5 Å². The van der Waals surface area contributed by atoms with Crippen molar-refractivity contribution < 1.29 is 14.6 Å². The number of rotatable bonds is 4. The van der Waals surface area contributed by atoms with Crippen molar-refractivity contribution >= 4 is 21.9 Å². The third kappa shape index (κ3) is 3.64. The number of benzene rings is 2. The normalized spacial score (nSPS) is 10.7. The molecule has 0 atom stereocenters. The van der Waals surface area contributed by atoms with Gasteiger partial charge in [0.25, 0.3) is 0 Å². The van der Waals surface area contributed by atoms with Gasteiger partial charge in [0, 0.05) is 0 Å². The zero-order valence-electron chi connectivity index (χ0n) is 12.2. The van der Waals surface area contributed by atoms with Gasteiger partial charge >= 0.3 is 5.97 Å². The first-order chi connectivity index (χ1) is 9.88. The highest BCUT2D eigenvalue weighted by atomic mass is 79.9. The van der Waals surface area contributed by atoms with E-state index < -0.39 is 5.97 Å². The first-order valence-electron chi connectivity index (χ1n) is 6.69. The molecule has 110 valence electrons. The van der Waals surface area contributed by atoms with E-state index in [1.165, 1.54) is 6.07 Å². The summed E-state index contributed by atoms with van der Waals surface area (Å²) >= 11 is 3.36. The molecule has 0 aliphatic rings. The maximum atomic E-state index is 10.9. The molecule has 2 aromatic carbocycles. The topological polar surface area (TPSA) is 46.5 Å². The van der Waals surface area contributed by atoms with Crippen molar-refractivity contribution in [1.82, 2.24) is 0 Å². The monoisotopic (exact) mass is 348 g/mol. The molecule has 0 spiro atoms. The van der Waals surface area contributed by atoms with Crippen molar-refractivity contribution in [2.45, 2.75) is 26.7 Å². The number of carboxylic acid groups (broad SMARTS) is 1. The van der Waals surface area contributed by atoms with Crippen molar-refractivity contribution in [2.75, 3.05) is 0 Å². The Kier molecular flexibility index (Phi) is 4.68. The Balaban J connectivity index is 2.38. The summed E-state index contributed by atoms with van der Waals surface area (Å²) in [4.78, 5) is 10.9. The molecular weight excluding hydrogens is 332 g/mol. The molecule has 4 heteroatoms. The minimum atomic E-state index is -0.958. The highest BCUT2D eigenvalue weighted by Crippen LogP contribution is 2.35. The first-order valence-corrected chi connectivity index (χ1v) is 7.49. The summed E-state index contributed by atoms with van der Waals surface area (Å²) in [7, 11) is 0. The van der Waals surface area contributed by atoms with Crippen molar-refractivity contribution in [3.05, 3.63) is 57.6 Å². The van der Waals surface area contributed by atoms with Crippen LogP contribution in [0.15, 0.2) is 40.9 Å². The predicted molar refractivity (Wildman–Crippen MR) is 86.4 cm³/mol. The van der Waals surface area contributed by atoms with Gasteiger partial charge in [0.15, 0.2) is 0 Å². The summed E-state index contributed by atoms with van der Waals surface area (Å²) in [5.41, 5.74) is 2.46. The van der Waals surface area contributed by atoms with Gasteiger partial charge in [-0.1, -0.05) is 26.0 Å². The fraction of sp³-hybridized carbons (Fsp3) is 0.235. The Hall–Kier alpha value is -1.81. The second-order valence-electron chi connectivity index (χ2n) is 5.25. The molecule has 0 saturated heterocycles. The molecule has 0 fully saturated rings. The van der Waals surface area contributed by atoms with Gasteiger partial charge in [-0.3, -0.25) is 0 Å². The number of ether oxygens (including phenoxy) is 1. The van der Waals surface area contributed by atoms with Crippen LogP contribution in [0, 0.1) is 6.92 Å². The van der Waals surface area contributed by atoms with Gasteiger partial charge in [-0.15, -0.1) is 0 Å². The summed E-state index contributed by atoms with van der Waals surface area (Å²) in [5, 5.41) is 8.98. The maximum absolute atomic E-state index is 10.9. The van der Waals surface area contributed by atoms with Crippen molar-refractivity contribution in [2.24, 2.45) is 0 Å². The van der Waals surface area contributed by atoms with Crippen LogP contribution in [0.25, 0.3) is 0 Å². The molecule has 2 rings (SSSR count). The average Bonchev–Trinajstić information content (AvgIpc) is 2.40. The average molecular weight is 349 g/mol. The van der Waals surface area contributed by atoms with E-state index >= 15 is 0 Å². The third-order valence-corrected chi connectivity index (χ3v) is 3.81. The summed E-state index contributed by atoms with van der Waals surface area (Å²) in [6, 6.07) is 10.9. The Bertz CT molecular complexity index is 678. The minimum absolute atomic E-state index is 0.225. The molecule has 0 heterocycles. The smallest absolute Gasteiger partial charge is 0.335 e. The van der Waals surface area contributed by atoms with Gasteiger partial charge in [0.05, 0.1) is 10.0 Å². The molecule has 0 amide bonds. The lowest BCUT2D eigenvalue weighted by Crippen LogP contribution is -1.98. The van der Waals surface area contributed by atoms with Crippen LogP contribution in [0.1, 0.15) is 41.3 Å². The molecule has 0 unspecified atom stereocenters. The van der Waals surface area contributed by atoms with Crippen LogP contribution in [0.5, 0.6) is 11.5 Å². The molecular formula is C17H17BrO3. The molecule has 1 N–H and O–H groups in total. The van der Waals surface area contributed by atoms with Gasteiger partial charge in [0.1, 0.15) is 11.5 Å². The molecule has 21 heavy (non-hydrogen) atoms. The van der Waals surface area contributed by atoms with E-state index in [-0.39, 0.29) is 5.56 Å². The second-order valence-corrected chi connectivity index (χ2v) is 6.10. The number of hydrogen-bond acceptors (Lipinski definition) is 2. The lowest BCUT2D eigenvalue weighted by molar-refractivity contribution is 0.0697. The van der Waals surface area contributed by atoms with Crippen LogP contribution < -0.4 is 4.74 Å². The third-order valence-electron chi connectivity index (χ3n) is 3.19. The number of carbonyl (C=O) groups is 1. The number of aromatic carboxylic acids is 1. The Morgan fingerprint density at radius 2 is 1.86 bits per heavy atom. The van der Waals surface area contributed by atoms with Crippen molar-refractivity contribution in [1.29, 1.82) is 0 Å². The molecule has 0 bridgehead atoms. The lowest BCUT2D eigenvalue weighted by atomic mass is 10.0. The van der Waals surface area contributed by atoms with E-state index in [9.17, 15) is 4.79 Å². The molecule has 0 radical (unpaired) electrons. The molecule has 0 aliphatic heterocycles. The summed E-state index contributed by atoms with van der Waals surface area (Å²) < 4.78 is 6.60. The highest BCUT2D eigenvalue weighted by Gasteiger charge is 2.12. The Morgan fingerprint density at radius 1 is 1.14 bits per heavy atom. The van der Waals surface area contributed by atoms with E-state index in [4.69, 9.17) is 9.84 Å². The fourth-order valence-corrected chi connectivity index (χ4v) is 2.50. The van der Waals surface area contributed by atoms with Crippen LogP contribution in [-0.4, -0.2) is 11.1 Å². The van der Waals surface area contributed by atoms with Crippen LogP contribution in [0.2, 0.25) is 0 Å². The molecule has 3 nitrogen and oxygen atoms in total. The summed E-state index contributed by atoms with van der Waals surface area (Å²) in [6.45, 7) is 6.24. The Morgan fingerprint density at radius 3 is 2.43 bits per heavy atom. The molecule has 0 saturated carbocycles. The summed E-state index contributed by atoms with van der Waals surface area (Å²) in [5.74, 6) is 0.791. The SMILES string of the molecule is Cc1ccc(C(C)C)c(Oc2ccc(C(=O)O)cc2Br)c1. The predicted octanol–water partition coefficient (Wildman–Crippen LogP) is 5.37. The van der Waals surface area contributed by atoms with Crippen LogP contribution in [0.4, 0.5) is 0 Å². The van der Waals surface area contributed by atoms with Gasteiger partial charge in [-0.2, -0.15) is 0 Å². The first kappa shape index (κ1) is 15.6.